The molecular formula is C4H11NOS2. The highest BCUT2D eigenvalue weighted by Crippen LogP contribution is 2.00. The van der Waals surface area contributed by atoms with Crippen LogP contribution >= 0.6 is 22.5 Å². The summed E-state index contributed by atoms with van der Waals surface area (Å²) in [6.45, 7) is 3.94. The Morgan fingerprint density at radius 2 is 2.38 bits per heavy atom. The number of thiol groups is 1. The van der Waals surface area contributed by atoms with E-state index in [1.54, 1.807) is 0 Å². The SMILES string of the molecule is CC(C)ONCSS. The van der Waals surface area contributed by atoms with E-state index >= 15 is 0 Å². The van der Waals surface area contributed by atoms with E-state index in [0.717, 1.165) is 5.88 Å². The Balaban J connectivity index is 2.72. The van der Waals surface area contributed by atoms with Crippen molar-refractivity contribution < 1.29 is 4.84 Å². The van der Waals surface area contributed by atoms with Gasteiger partial charge in [-0.15, -0.1) is 11.7 Å². The van der Waals surface area contributed by atoms with E-state index in [-0.39, 0.29) is 6.10 Å². The first-order valence-electron chi connectivity index (χ1n) is 2.42. The van der Waals surface area contributed by atoms with Crippen LogP contribution in [0.3, 0.4) is 0 Å². The van der Waals surface area contributed by atoms with Gasteiger partial charge in [0.1, 0.15) is 0 Å². The van der Waals surface area contributed by atoms with Gasteiger partial charge in [-0.3, -0.25) is 4.84 Å². The zero-order valence-corrected chi connectivity index (χ0v) is 6.76. The van der Waals surface area contributed by atoms with Crippen LogP contribution in [0.5, 0.6) is 0 Å². The summed E-state index contributed by atoms with van der Waals surface area (Å²) < 4.78 is 0. The molecule has 0 rings (SSSR count). The molecule has 0 radical (unpaired) electrons. The number of nitrogens with one attached hydrogen (secondary N) is 1. The molecule has 0 aromatic rings. The third-order valence-electron chi connectivity index (χ3n) is 0.443. The topological polar surface area (TPSA) is 21.3 Å². The van der Waals surface area contributed by atoms with Gasteiger partial charge < -0.3 is 0 Å². The summed E-state index contributed by atoms with van der Waals surface area (Å²) in [7, 11) is 1.40. The van der Waals surface area contributed by atoms with Crippen molar-refractivity contribution in [3.8, 4) is 0 Å². The van der Waals surface area contributed by atoms with Crippen LogP contribution in [-0.2, 0) is 4.84 Å². The van der Waals surface area contributed by atoms with Crippen molar-refractivity contribution in [3.05, 3.63) is 0 Å². The second kappa shape index (κ2) is 5.75. The summed E-state index contributed by atoms with van der Waals surface area (Å²) in [5.41, 5.74) is 2.72. The van der Waals surface area contributed by atoms with Gasteiger partial charge in [0.15, 0.2) is 0 Å². The summed E-state index contributed by atoms with van der Waals surface area (Å²) in [5, 5.41) is 0. The lowest BCUT2D eigenvalue weighted by Crippen LogP contribution is -2.18. The summed E-state index contributed by atoms with van der Waals surface area (Å²) >= 11 is 3.90. The molecule has 0 amide bonds. The van der Waals surface area contributed by atoms with Gasteiger partial charge >= 0.3 is 0 Å². The average molecular weight is 153 g/mol. The molecule has 8 heavy (non-hydrogen) atoms. The van der Waals surface area contributed by atoms with E-state index in [4.69, 9.17) is 4.84 Å². The molecule has 0 spiro atoms. The van der Waals surface area contributed by atoms with E-state index in [9.17, 15) is 0 Å². The number of hydroxylamine groups is 1. The van der Waals surface area contributed by atoms with Gasteiger partial charge in [0.2, 0.25) is 0 Å². The van der Waals surface area contributed by atoms with Crippen LogP contribution in [0.2, 0.25) is 0 Å². The van der Waals surface area contributed by atoms with Crippen LogP contribution in [0, 0.1) is 0 Å². The molecule has 1 N–H and O–H groups in total. The maximum absolute atomic E-state index is 4.96. The minimum Gasteiger partial charge on any atom is -0.298 e. The van der Waals surface area contributed by atoms with E-state index in [1.807, 2.05) is 13.8 Å². The zero-order valence-electron chi connectivity index (χ0n) is 5.05. The van der Waals surface area contributed by atoms with E-state index in [1.165, 1.54) is 10.8 Å². The Morgan fingerprint density at radius 1 is 1.75 bits per heavy atom. The van der Waals surface area contributed by atoms with E-state index in [0.29, 0.717) is 0 Å². The first-order valence-corrected chi connectivity index (χ1v) is 4.46. The predicted octanol–water partition coefficient (Wildman–Crippen LogP) is 1.45. The van der Waals surface area contributed by atoms with Crippen molar-refractivity contribution >= 4 is 22.5 Å². The molecule has 0 heterocycles. The smallest absolute Gasteiger partial charge is 0.0767 e. The quantitative estimate of drug-likeness (QED) is 0.210. The lowest BCUT2D eigenvalue weighted by atomic mass is 10.5. The highest BCUT2D eigenvalue weighted by Gasteiger charge is 1.88. The summed E-state index contributed by atoms with van der Waals surface area (Å²) in [5.74, 6) is 0.724. The molecule has 0 bridgehead atoms. The highest BCUT2D eigenvalue weighted by atomic mass is 33.1. The van der Waals surface area contributed by atoms with Gasteiger partial charge in [0.05, 0.1) is 12.0 Å². The Morgan fingerprint density at radius 3 is 2.75 bits per heavy atom. The first kappa shape index (κ1) is 8.62. The summed E-state index contributed by atoms with van der Waals surface area (Å²) in [6.07, 6.45) is 0.246. The minimum atomic E-state index is 0.246. The monoisotopic (exact) mass is 153 g/mol. The second-order valence-corrected chi connectivity index (χ2v) is 2.91. The Hall–Kier alpha value is 0.620. The Bertz CT molecular complexity index is 51.3. The average Bonchev–Trinajstić information content (AvgIpc) is 1.66. The molecule has 0 fully saturated rings. The fraction of sp³-hybridized carbons (Fsp3) is 1.00. The van der Waals surface area contributed by atoms with Crippen molar-refractivity contribution in [2.75, 3.05) is 5.88 Å². The highest BCUT2D eigenvalue weighted by molar-refractivity contribution is 8.68. The van der Waals surface area contributed by atoms with Crippen LogP contribution in [-0.4, -0.2) is 12.0 Å². The van der Waals surface area contributed by atoms with Crippen molar-refractivity contribution in [2.45, 2.75) is 20.0 Å². The van der Waals surface area contributed by atoms with Crippen molar-refractivity contribution in [2.24, 2.45) is 0 Å². The Labute approximate surface area is 59.1 Å². The molecule has 0 saturated carbocycles. The predicted molar refractivity (Wildman–Crippen MR) is 40.8 cm³/mol. The third-order valence-corrected chi connectivity index (χ3v) is 1.08. The van der Waals surface area contributed by atoms with Crippen LogP contribution in [0.15, 0.2) is 0 Å². The van der Waals surface area contributed by atoms with Gasteiger partial charge in [-0.2, -0.15) is 5.48 Å². The molecule has 0 aromatic carbocycles. The van der Waals surface area contributed by atoms with Gasteiger partial charge in [-0.05, 0) is 13.8 Å². The van der Waals surface area contributed by atoms with E-state index < -0.39 is 0 Å². The Kier molecular flexibility index (Phi) is 6.20. The molecular weight excluding hydrogens is 142 g/mol. The van der Waals surface area contributed by atoms with Gasteiger partial charge in [0.25, 0.3) is 0 Å². The third kappa shape index (κ3) is 6.62. The molecule has 0 aliphatic carbocycles. The van der Waals surface area contributed by atoms with Crippen molar-refractivity contribution in [1.29, 1.82) is 0 Å². The fourth-order valence-corrected chi connectivity index (χ4v) is 0.506. The van der Waals surface area contributed by atoms with E-state index in [2.05, 4.69) is 17.1 Å². The van der Waals surface area contributed by atoms with Gasteiger partial charge in [-0.1, -0.05) is 10.8 Å². The number of hydrogen-bond acceptors (Lipinski definition) is 4. The standard InChI is InChI=1S/C4H11NOS2/c1-4(2)6-5-3-8-7/h4-5,7H,3H2,1-2H3. The van der Waals surface area contributed by atoms with Crippen LogP contribution in [0.1, 0.15) is 13.8 Å². The maximum Gasteiger partial charge on any atom is 0.0767 e. The van der Waals surface area contributed by atoms with Crippen molar-refractivity contribution in [3.63, 3.8) is 0 Å². The fourth-order valence-electron chi connectivity index (χ4n) is 0.227. The van der Waals surface area contributed by atoms with Gasteiger partial charge in [0, 0.05) is 0 Å². The molecule has 0 aliphatic heterocycles. The minimum absolute atomic E-state index is 0.246. The second-order valence-electron chi connectivity index (χ2n) is 1.58. The van der Waals surface area contributed by atoms with Crippen LogP contribution in [0.25, 0.3) is 0 Å². The van der Waals surface area contributed by atoms with Gasteiger partial charge in [-0.25, -0.2) is 0 Å². The zero-order chi connectivity index (χ0) is 6.41. The largest absolute Gasteiger partial charge is 0.298 e. The lowest BCUT2D eigenvalue weighted by Gasteiger charge is -2.05. The maximum atomic E-state index is 4.96. The molecule has 50 valence electrons. The molecule has 0 unspecified atom stereocenters. The molecule has 0 saturated heterocycles. The number of rotatable bonds is 4. The molecule has 4 heteroatoms. The molecule has 2 nitrogen and oxygen atoms in total. The summed E-state index contributed by atoms with van der Waals surface area (Å²) in [6, 6.07) is 0. The molecule has 0 aliphatic rings. The number of hydrogen-bond donors (Lipinski definition) is 2. The van der Waals surface area contributed by atoms with Crippen LogP contribution < -0.4 is 5.48 Å². The molecule has 0 atom stereocenters. The first-order chi connectivity index (χ1) is 3.77. The van der Waals surface area contributed by atoms with Crippen molar-refractivity contribution in [1.82, 2.24) is 5.48 Å². The molecule has 0 aromatic heterocycles. The summed E-state index contributed by atoms with van der Waals surface area (Å²) in [4.78, 5) is 4.96. The lowest BCUT2D eigenvalue weighted by molar-refractivity contribution is 0.00612. The normalized spacial score (nSPS) is 10.5. The van der Waals surface area contributed by atoms with Crippen LogP contribution in [0.4, 0.5) is 0 Å².